The van der Waals surface area contributed by atoms with E-state index in [1.807, 2.05) is 0 Å². The number of rotatable bonds is 7. The van der Waals surface area contributed by atoms with Crippen molar-refractivity contribution in [3.05, 3.63) is 41.5 Å². The van der Waals surface area contributed by atoms with Crippen LogP contribution in [-0.2, 0) is 9.59 Å². The molecule has 0 saturated heterocycles. The third-order valence-electron chi connectivity index (χ3n) is 4.35. The molecule has 10 nitrogen and oxygen atoms in total. The minimum absolute atomic E-state index is 0.0341. The van der Waals surface area contributed by atoms with Crippen LogP contribution in [0.25, 0.3) is 0 Å². The summed E-state index contributed by atoms with van der Waals surface area (Å²) in [7, 11) is 0. The first-order valence-corrected chi connectivity index (χ1v) is 8.99. The van der Waals surface area contributed by atoms with Crippen molar-refractivity contribution in [3.63, 3.8) is 0 Å². The van der Waals surface area contributed by atoms with E-state index in [9.17, 15) is 29.4 Å². The van der Waals surface area contributed by atoms with Crippen molar-refractivity contribution >= 4 is 29.3 Å². The van der Waals surface area contributed by atoms with Crippen LogP contribution in [0, 0.1) is 0 Å². The van der Waals surface area contributed by atoms with Gasteiger partial charge in [-0.1, -0.05) is 18.2 Å². The van der Waals surface area contributed by atoms with Crippen LogP contribution in [0.1, 0.15) is 30.1 Å². The molecule has 156 valence electrons. The Bertz CT molecular complexity index is 838. The predicted molar refractivity (Wildman–Crippen MR) is 104 cm³/mol. The number of urea groups is 1. The van der Waals surface area contributed by atoms with Gasteiger partial charge in [-0.25, -0.2) is 4.79 Å². The van der Waals surface area contributed by atoms with Gasteiger partial charge in [-0.2, -0.15) is 0 Å². The van der Waals surface area contributed by atoms with Gasteiger partial charge in [0.1, 0.15) is 6.10 Å². The minimum Gasteiger partial charge on any atom is -0.390 e. The summed E-state index contributed by atoms with van der Waals surface area (Å²) in [4.78, 5) is 46.6. The van der Waals surface area contributed by atoms with Crippen molar-refractivity contribution in [2.75, 3.05) is 11.9 Å². The van der Waals surface area contributed by atoms with E-state index in [1.165, 1.54) is 19.1 Å². The number of carbonyl (C=O) groups is 4. The number of anilines is 1. The fourth-order valence-electron chi connectivity index (χ4n) is 2.81. The van der Waals surface area contributed by atoms with Gasteiger partial charge in [0.05, 0.1) is 12.1 Å². The van der Waals surface area contributed by atoms with Crippen LogP contribution in [0.3, 0.4) is 0 Å². The van der Waals surface area contributed by atoms with Gasteiger partial charge in [-0.05, 0) is 19.1 Å². The highest BCUT2D eigenvalue weighted by Gasteiger charge is 2.33. The molecule has 7 N–H and O–H groups in total. The quantitative estimate of drug-likeness (QED) is 0.332. The maximum absolute atomic E-state index is 12.3. The van der Waals surface area contributed by atoms with Gasteiger partial charge in [0.15, 0.2) is 5.78 Å². The molecule has 1 aromatic rings. The highest BCUT2D eigenvalue weighted by Crippen LogP contribution is 2.20. The Morgan fingerprint density at radius 3 is 2.59 bits per heavy atom. The summed E-state index contributed by atoms with van der Waals surface area (Å²) in [5.41, 5.74) is 5.97. The van der Waals surface area contributed by atoms with E-state index in [2.05, 4.69) is 16.0 Å². The molecule has 10 heteroatoms. The smallest absolute Gasteiger partial charge is 0.319 e. The van der Waals surface area contributed by atoms with E-state index in [-0.39, 0.29) is 30.7 Å². The Kier molecular flexibility index (Phi) is 7.46. The summed E-state index contributed by atoms with van der Waals surface area (Å²) in [6.07, 6.45) is -1.37. The average Bonchev–Trinajstić information content (AvgIpc) is 2.65. The second-order valence-electron chi connectivity index (χ2n) is 6.69. The molecular formula is C19H24N4O6. The molecule has 0 fully saturated rings. The second kappa shape index (κ2) is 9.80. The Balaban J connectivity index is 2.03. The first-order valence-electron chi connectivity index (χ1n) is 8.99. The van der Waals surface area contributed by atoms with Gasteiger partial charge in [0.2, 0.25) is 11.8 Å². The number of nitrogens with two attached hydrogens (primary N) is 1. The van der Waals surface area contributed by atoms with E-state index in [4.69, 9.17) is 5.73 Å². The van der Waals surface area contributed by atoms with E-state index in [0.717, 1.165) is 0 Å². The van der Waals surface area contributed by atoms with E-state index < -0.39 is 36.1 Å². The Labute approximate surface area is 167 Å². The van der Waals surface area contributed by atoms with Gasteiger partial charge in [0, 0.05) is 36.2 Å². The normalized spacial score (nSPS) is 20.9. The highest BCUT2D eigenvalue weighted by atomic mass is 16.3. The minimum atomic E-state index is -1.31. The molecule has 0 spiro atoms. The topological polar surface area (TPSA) is 171 Å². The molecular weight excluding hydrogens is 380 g/mol. The molecule has 0 saturated carbocycles. The van der Waals surface area contributed by atoms with Crippen molar-refractivity contribution in [1.82, 2.24) is 10.6 Å². The van der Waals surface area contributed by atoms with Gasteiger partial charge in [0.25, 0.3) is 0 Å². The van der Waals surface area contributed by atoms with Gasteiger partial charge < -0.3 is 31.9 Å². The predicted octanol–water partition coefficient (Wildman–Crippen LogP) is -0.577. The number of benzene rings is 1. The lowest BCUT2D eigenvalue weighted by molar-refractivity contribution is -0.119. The molecule has 3 atom stereocenters. The molecule has 0 radical (unpaired) electrons. The average molecular weight is 404 g/mol. The molecule has 29 heavy (non-hydrogen) atoms. The molecule has 0 unspecified atom stereocenters. The van der Waals surface area contributed by atoms with Gasteiger partial charge >= 0.3 is 6.03 Å². The van der Waals surface area contributed by atoms with Gasteiger partial charge in [-0.15, -0.1) is 0 Å². The molecule has 0 heterocycles. The standard InChI is InChI=1S/C19H24N4O6/c1-10(24)11-3-2-4-13(7-11)22-19(29)23-14-8-12(9-15(25)17(14)27)18(28)21-6-5-16(20)26/h2-4,7-8,14-15,17,25,27H,5-6,9H2,1H3,(H2,20,26)(H,21,28)(H2,22,23,29)/t14-,15-,17-/m1/s1. The molecule has 0 aliphatic heterocycles. The fourth-order valence-corrected chi connectivity index (χ4v) is 2.81. The van der Waals surface area contributed by atoms with Crippen molar-refractivity contribution in [2.45, 2.75) is 38.0 Å². The zero-order chi connectivity index (χ0) is 21.6. The van der Waals surface area contributed by atoms with E-state index in [0.29, 0.717) is 11.3 Å². The number of hydrogen-bond acceptors (Lipinski definition) is 6. The third kappa shape index (κ3) is 6.40. The summed E-state index contributed by atoms with van der Waals surface area (Å²) < 4.78 is 0. The molecule has 4 amide bonds. The summed E-state index contributed by atoms with van der Waals surface area (Å²) in [6.45, 7) is 1.44. The zero-order valence-electron chi connectivity index (χ0n) is 15.8. The Hall–Kier alpha value is -3.24. The van der Waals surface area contributed by atoms with Crippen molar-refractivity contribution in [1.29, 1.82) is 0 Å². The number of amides is 4. The van der Waals surface area contributed by atoms with Crippen molar-refractivity contribution in [2.24, 2.45) is 5.73 Å². The zero-order valence-corrected chi connectivity index (χ0v) is 15.8. The van der Waals surface area contributed by atoms with Crippen LogP contribution in [0.15, 0.2) is 35.9 Å². The van der Waals surface area contributed by atoms with Crippen molar-refractivity contribution in [3.8, 4) is 0 Å². The number of aliphatic hydroxyl groups is 2. The summed E-state index contributed by atoms with van der Waals surface area (Å²) in [5, 5.41) is 27.7. The van der Waals surface area contributed by atoms with Crippen LogP contribution in [0.2, 0.25) is 0 Å². The lowest BCUT2D eigenvalue weighted by Gasteiger charge is -2.31. The van der Waals surface area contributed by atoms with E-state index >= 15 is 0 Å². The number of hydrogen-bond donors (Lipinski definition) is 6. The van der Waals surface area contributed by atoms with Crippen LogP contribution in [-0.4, -0.2) is 58.6 Å². The lowest BCUT2D eigenvalue weighted by Crippen LogP contribution is -2.52. The number of carbonyl (C=O) groups excluding carboxylic acids is 4. The SMILES string of the molecule is CC(=O)c1cccc(NC(=O)N[C@@H]2C=C(C(=O)NCCC(N)=O)C[C@@H](O)[C@@H]2O)c1. The number of nitrogens with one attached hydrogen (secondary N) is 3. The van der Waals surface area contributed by atoms with Gasteiger partial charge in [-0.3, -0.25) is 14.4 Å². The Morgan fingerprint density at radius 1 is 1.21 bits per heavy atom. The number of Topliss-reactive ketones (excluding diaryl/α,β-unsaturated/α-hetero) is 1. The molecule has 1 aliphatic rings. The van der Waals surface area contributed by atoms with E-state index in [1.54, 1.807) is 18.2 Å². The number of primary amides is 1. The molecule has 0 bridgehead atoms. The van der Waals surface area contributed by atoms with Crippen LogP contribution >= 0.6 is 0 Å². The highest BCUT2D eigenvalue weighted by molar-refractivity contribution is 5.97. The maximum Gasteiger partial charge on any atom is 0.319 e. The summed E-state index contributed by atoms with van der Waals surface area (Å²) in [5.74, 6) is -1.25. The number of aliphatic hydroxyl groups excluding tert-OH is 2. The number of ketones is 1. The largest absolute Gasteiger partial charge is 0.390 e. The van der Waals surface area contributed by atoms with Crippen LogP contribution in [0.5, 0.6) is 0 Å². The lowest BCUT2D eigenvalue weighted by atomic mass is 9.90. The van der Waals surface area contributed by atoms with Crippen molar-refractivity contribution < 1.29 is 29.4 Å². The first-order chi connectivity index (χ1) is 13.7. The summed E-state index contributed by atoms with van der Waals surface area (Å²) in [6, 6.07) is 4.60. The molecule has 0 aromatic heterocycles. The maximum atomic E-state index is 12.3. The third-order valence-corrected chi connectivity index (χ3v) is 4.35. The second-order valence-corrected chi connectivity index (χ2v) is 6.69. The molecule has 2 rings (SSSR count). The summed E-state index contributed by atoms with van der Waals surface area (Å²) >= 11 is 0. The molecule has 1 aromatic carbocycles. The fraction of sp³-hybridized carbons (Fsp3) is 0.368. The van der Waals surface area contributed by atoms with Crippen LogP contribution in [0.4, 0.5) is 10.5 Å². The Morgan fingerprint density at radius 2 is 1.93 bits per heavy atom. The van der Waals surface area contributed by atoms with Crippen LogP contribution < -0.4 is 21.7 Å². The monoisotopic (exact) mass is 404 g/mol. The molecule has 1 aliphatic carbocycles. The first kappa shape index (κ1) is 22.1.